The second kappa shape index (κ2) is 6.43. The number of halogens is 1. The molecule has 0 saturated carbocycles. The Labute approximate surface area is 124 Å². The summed E-state index contributed by atoms with van der Waals surface area (Å²) in [7, 11) is 3.91. The number of hydrogen-bond donors (Lipinski definition) is 2. The Kier molecular flexibility index (Phi) is 4.86. The first-order chi connectivity index (χ1) is 9.50. The Morgan fingerprint density at radius 2 is 2.25 bits per heavy atom. The molecule has 5 nitrogen and oxygen atoms in total. The molecule has 110 valence electrons. The molecule has 0 bridgehead atoms. The van der Waals surface area contributed by atoms with Gasteiger partial charge in [-0.1, -0.05) is 17.7 Å². The minimum atomic E-state index is -0.347. The van der Waals surface area contributed by atoms with Gasteiger partial charge in [-0.3, -0.25) is 10.0 Å². The molecule has 1 aromatic carbocycles. The molecule has 20 heavy (non-hydrogen) atoms. The van der Waals surface area contributed by atoms with Crippen molar-refractivity contribution in [1.29, 1.82) is 0 Å². The second-order valence-electron chi connectivity index (χ2n) is 5.17. The van der Waals surface area contributed by atoms with Crippen LogP contribution < -0.4 is 10.2 Å². The number of piperidine rings is 1. The number of hydrogen-bond acceptors (Lipinski definition) is 4. The lowest BCUT2D eigenvalue weighted by Crippen LogP contribution is -2.49. The summed E-state index contributed by atoms with van der Waals surface area (Å²) in [6.45, 7) is 0.906. The van der Waals surface area contributed by atoms with E-state index in [4.69, 9.17) is 11.6 Å². The van der Waals surface area contributed by atoms with Crippen molar-refractivity contribution in [2.45, 2.75) is 25.4 Å². The maximum absolute atomic E-state index is 11.8. The van der Waals surface area contributed by atoms with Gasteiger partial charge < -0.3 is 10.2 Å². The van der Waals surface area contributed by atoms with Crippen molar-refractivity contribution in [3.05, 3.63) is 28.8 Å². The first kappa shape index (κ1) is 15.1. The lowest BCUT2D eigenvalue weighted by molar-refractivity contribution is -0.172. The third-order valence-electron chi connectivity index (χ3n) is 3.52. The summed E-state index contributed by atoms with van der Waals surface area (Å²) in [6.07, 6.45) is 1.53. The van der Waals surface area contributed by atoms with Crippen molar-refractivity contribution in [3.63, 3.8) is 0 Å². The molecular weight excluding hydrogens is 278 g/mol. The zero-order chi connectivity index (χ0) is 14.7. The van der Waals surface area contributed by atoms with Crippen molar-refractivity contribution < 1.29 is 10.0 Å². The number of nitrogens with zero attached hydrogens (tertiary/aromatic N) is 2. The molecule has 1 unspecified atom stereocenters. The Balaban J connectivity index is 2.09. The van der Waals surface area contributed by atoms with Gasteiger partial charge >= 0.3 is 0 Å². The first-order valence-corrected chi connectivity index (χ1v) is 7.07. The zero-order valence-electron chi connectivity index (χ0n) is 11.8. The molecule has 1 aromatic rings. The molecule has 1 fully saturated rings. The highest BCUT2D eigenvalue weighted by molar-refractivity contribution is 6.31. The van der Waals surface area contributed by atoms with E-state index in [0.717, 1.165) is 29.2 Å². The molecule has 1 aliphatic heterocycles. The summed E-state index contributed by atoms with van der Waals surface area (Å²) < 4.78 is 0. The number of carbonyl (C=O) groups is 1. The largest absolute Gasteiger partial charge is 0.377 e. The van der Waals surface area contributed by atoms with Gasteiger partial charge in [0.25, 0.3) is 5.91 Å². The van der Waals surface area contributed by atoms with Crippen LogP contribution in [0.3, 0.4) is 0 Å². The number of nitrogens with one attached hydrogen (secondary N) is 1. The second-order valence-corrected chi connectivity index (χ2v) is 5.58. The van der Waals surface area contributed by atoms with E-state index in [9.17, 15) is 10.0 Å². The fraction of sp³-hybridized carbons (Fsp3) is 0.500. The van der Waals surface area contributed by atoms with E-state index < -0.39 is 0 Å². The summed E-state index contributed by atoms with van der Waals surface area (Å²) in [5.41, 5.74) is 1.98. The summed E-state index contributed by atoms with van der Waals surface area (Å²) in [4.78, 5) is 13.8. The van der Waals surface area contributed by atoms with Gasteiger partial charge in [0.1, 0.15) is 0 Å². The fourth-order valence-corrected chi connectivity index (χ4v) is 2.65. The van der Waals surface area contributed by atoms with Gasteiger partial charge in [0.2, 0.25) is 0 Å². The van der Waals surface area contributed by atoms with Gasteiger partial charge in [-0.2, -0.15) is 0 Å². The maximum Gasteiger partial charge on any atom is 0.263 e. The first-order valence-electron chi connectivity index (χ1n) is 6.69. The predicted molar refractivity (Wildman–Crippen MR) is 79.1 cm³/mol. The highest BCUT2D eigenvalue weighted by atomic mass is 35.5. The van der Waals surface area contributed by atoms with Crippen molar-refractivity contribution in [3.8, 4) is 0 Å². The number of carbonyl (C=O) groups excluding carboxylic acids is 1. The Hall–Kier alpha value is -1.30. The van der Waals surface area contributed by atoms with Gasteiger partial charge in [0.05, 0.1) is 6.04 Å². The SMILES string of the molecule is CN(C)c1cccc(Cl)c1CNC1CCCN(O)C1=O. The topological polar surface area (TPSA) is 55.8 Å². The quantitative estimate of drug-likeness (QED) is 0.833. The molecule has 2 N–H and O–H groups in total. The number of amides is 1. The van der Waals surface area contributed by atoms with Crippen LogP contribution in [0, 0.1) is 0 Å². The van der Waals surface area contributed by atoms with Crippen LogP contribution in [0.2, 0.25) is 5.02 Å². The van der Waals surface area contributed by atoms with Crippen molar-refractivity contribution in [2.75, 3.05) is 25.5 Å². The van der Waals surface area contributed by atoms with E-state index in [2.05, 4.69) is 5.32 Å². The van der Waals surface area contributed by atoms with Gasteiger partial charge in [0.15, 0.2) is 0 Å². The predicted octanol–water partition coefficient (Wildman–Crippen LogP) is 1.88. The van der Waals surface area contributed by atoms with Gasteiger partial charge in [-0.05, 0) is 25.0 Å². The van der Waals surface area contributed by atoms with E-state index in [1.54, 1.807) is 0 Å². The van der Waals surface area contributed by atoms with E-state index in [1.807, 2.05) is 37.2 Å². The van der Waals surface area contributed by atoms with E-state index >= 15 is 0 Å². The van der Waals surface area contributed by atoms with Crippen LogP contribution >= 0.6 is 11.6 Å². The molecule has 1 heterocycles. The van der Waals surface area contributed by atoms with Gasteiger partial charge in [-0.25, -0.2) is 5.06 Å². The molecule has 1 saturated heterocycles. The van der Waals surface area contributed by atoms with Crippen LogP contribution in [0.15, 0.2) is 18.2 Å². The Bertz CT molecular complexity index is 493. The van der Waals surface area contributed by atoms with Crippen LogP contribution in [-0.2, 0) is 11.3 Å². The average molecular weight is 298 g/mol. The van der Waals surface area contributed by atoms with Crippen molar-refractivity contribution >= 4 is 23.2 Å². The molecular formula is C14H20ClN3O2. The monoisotopic (exact) mass is 297 g/mol. The Morgan fingerprint density at radius 1 is 1.50 bits per heavy atom. The summed E-state index contributed by atoms with van der Waals surface area (Å²) >= 11 is 6.24. The van der Waals surface area contributed by atoms with Crippen LogP contribution in [0.4, 0.5) is 5.69 Å². The molecule has 1 amide bonds. The molecule has 0 aliphatic carbocycles. The summed E-state index contributed by atoms with van der Waals surface area (Å²) in [5, 5.41) is 14.1. The molecule has 2 rings (SSSR count). The van der Waals surface area contributed by atoms with Crippen LogP contribution in [0.25, 0.3) is 0 Å². The average Bonchev–Trinajstić information content (AvgIpc) is 2.41. The van der Waals surface area contributed by atoms with Crippen LogP contribution in [0.5, 0.6) is 0 Å². The van der Waals surface area contributed by atoms with Crippen molar-refractivity contribution in [1.82, 2.24) is 10.4 Å². The molecule has 0 spiro atoms. The number of anilines is 1. The number of rotatable bonds is 4. The molecule has 1 atom stereocenters. The van der Waals surface area contributed by atoms with E-state index in [1.165, 1.54) is 0 Å². The third-order valence-corrected chi connectivity index (χ3v) is 3.87. The normalized spacial score (nSPS) is 19.3. The van der Waals surface area contributed by atoms with E-state index in [0.29, 0.717) is 18.1 Å². The zero-order valence-corrected chi connectivity index (χ0v) is 12.5. The summed E-state index contributed by atoms with van der Waals surface area (Å²) in [5.74, 6) is -0.269. The number of benzene rings is 1. The summed E-state index contributed by atoms with van der Waals surface area (Å²) in [6, 6.07) is 5.39. The fourth-order valence-electron chi connectivity index (χ4n) is 2.41. The molecule has 0 radical (unpaired) electrons. The van der Waals surface area contributed by atoms with Crippen LogP contribution in [0.1, 0.15) is 18.4 Å². The van der Waals surface area contributed by atoms with Crippen molar-refractivity contribution in [2.24, 2.45) is 0 Å². The molecule has 0 aromatic heterocycles. The van der Waals surface area contributed by atoms with Gasteiger partial charge in [0, 0.05) is 43.5 Å². The Morgan fingerprint density at radius 3 is 2.95 bits per heavy atom. The van der Waals surface area contributed by atoms with E-state index in [-0.39, 0.29) is 11.9 Å². The molecule has 1 aliphatic rings. The van der Waals surface area contributed by atoms with Gasteiger partial charge in [-0.15, -0.1) is 0 Å². The highest BCUT2D eigenvalue weighted by Crippen LogP contribution is 2.26. The maximum atomic E-state index is 11.8. The molecule has 6 heteroatoms. The number of hydroxylamine groups is 2. The lowest BCUT2D eigenvalue weighted by atomic mass is 10.1. The third kappa shape index (κ3) is 3.23. The standard InChI is InChI=1S/C14H20ClN3O2/c1-17(2)13-7-3-5-11(15)10(13)9-16-12-6-4-8-18(20)14(12)19/h3,5,7,12,16,20H,4,6,8-9H2,1-2H3. The smallest absolute Gasteiger partial charge is 0.263 e. The minimum absolute atomic E-state index is 0.269. The van der Waals surface area contributed by atoms with Crippen LogP contribution in [-0.4, -0.2) is 42.9 Å². The lowest BCUT2D eigenvalue weighted by Gasteiger charge is -2.28. The highest BCUT2D eigenvalue weighted by Gasteiger charge is 2.27. The minimum Gasteiger partial charge on any atom is -0.377 e.